The van der Waals surface area contributed by atoms with Crippen molar-refractivity contribution < 1.29 is 9.53 Å². The molecule has 0 atom stereocenters. The van der Waals surface area contributed by atoms with Crippen LogP contribution in [0.25, 0.3) is 11.1 Å². The predicted molar refractivity (Wildman–Crippen MR) is 73.4 cm³/mol. The first-order valence-electron chi connectivity index (χ1n) is 5.56. The summed E-state index contributed by atoms with van der Waals surface area (Å²) in [6.07, 6.45) is 0. The summed E-state index contributed by atoms with van der Waals surface area (Å²) in [4.78, 5) is 11.4. The second-order valence-electron chi connectivity index (χ2n) is 3.98. The van der Waals surface area contributed by atoms with Gasteiger partial charge < -0.3 is 4.74 Å². The van der Waals surface area contributed by atoms with Crippen LogP contribution < -0.4 is 4.74 Å². The fourth-order valence-electron chi connectivity index (χ4n) is 1.81. The molecule has 3 heteroatoms. The predicted octanol–water partition coefficient (Wildman–Crippen LogP) is 4.22. The van der Waals surface area contributed by atoms with Crippen molar-refractivity contribution in [3.05, 3.63) is 53.1 Å². The molecule has 0 radical (unpaired) electrons. The maximum atomic E-state index is 11.4. The Morgan fingerprint density at radius 3 is 2.61 bits per heavy atom. The van der Waals surface area contributed by atoms with Gasteiger partial charge in [0.15, 0.2) is 5.78 Å². The number of ketones is 1. The molecule has 0 fully saturated rings. The van der Waals surface area contributed by atoms with Crippen LogP contribution >= 0.6 is 11.6 Å². The van der Waals surface area contributed by atoms with Crippen molar-refractivity contribution in [1.29, 1.82) is 0 Å². The summed E-state index contributed by atoms with van der Waals surface area (Å²) in [6, 6.07) is 12.9. The monoisotopic (exact) mass is 260 g/mol. The fourth-order valence-corrected chi connectivity index (χ4v) is 1.98. The highest BCUT2D eigenvalue weighted by Crippen LogP contribution is 2.32. The Balaban J connectivity index is 2.57. The summed E-state index contributed by atoms with van der Waals surface area (Å²) < 4.78 is 5.31. The van der Waals surface area contributed by atoms with Crippen molar-refractivity contribution >= 4 is 17.4 Å². The van der Waals surface area contributed by atoms with Gasteiger partial charge in [-0.2, -0.15) is 0 Å². The average molecular weight is 261 g/mol. The van der Waals surface area contributed by atoms with Gasteiger partial charge in [0.05, 0.1) is 7.11 Å². The van der Waals surface area contributed by atoms with E-state index in [4.69, 9.17) is 16.3 Å². The van der Waals surface area contributed by atoms with E-state index in [1.807, 2.05) is 30.3 Å². The number of Topliss-reactive ketones (excluding diaryl/α,β-unsaturated/α-hetero) is 1. The van der Waals surface area contributed by atoms with E-state index in [9.17, 15) is 4.79 Å². The normalized spacial score (nSPS) is 10.2. The highest BCUT2D eigenvalue weighted by molar-refractivity contribution is 6.31. The van der Waals surface area contributed by atoms with Gasteiger partial charge in [0.2, 0.25) is 0 Å². The van der Waals surface area contributed by atoms with Gasteiger partial charge in [-0.3, -0.25) is 4.79 Å². The fraction of sp³-hybridized carbons (Fsp3) is 0.133. The molecule has 2 rings (SSSR count). The molecule has 0 aliphatic carbocycles. The van der Waals surface area contributed by atoms with Crippen LogP contribution in [0.4, 0.5) is 0 Å². The van der Waals surface area contributed by atoms with Gasteiger partial charge in [-0.1, -0.05) is 29.8 Å². The summed E-state index contributed by atoms with van der Waals surface area (Å²) >= 11 is 6.00. The topological polar surface area (TPSA) is 26.3 Å². The van der Waals surface area contributed by atoms with Gasteiger partial charge >= 0.3 is 0 Å². The molecule has 2 nitrogen and oxygen atoms in total. The highest BCUT2D eigenvalue weighted by Gasteiger charge is 2.08. The molecule has 0 spiro atoms. The number of rotatable bonds is 3. The largest absolute Gasteiger partial charge is 0.496 e. The first kappa shape index (κ1) is 12.7. The van der Waals surface area contributed by atoms with Crippen LogP contribution in [-0.2, 0) is 0 Å². The smallest absolute Gasteiger partial charge is 0.159 e. The molecule has 2 aromatic rings. The van der Waals surface area contributed by atoms with E-state index < -0.39 is 0 Å². The van der Waals surface area contributed by atoms with E-state index >= 15 is 0 Å². The molecule has 0 aliphatic heterocycles. The van der Waals surface area contributed by atoms with Gasteiger partial charge in [0.1, 0.15) is 5.75 Å². The summed E-state index contributed by atoms with van der Waals surface area (Å²) in [5.41, 5.74) is 2.48. The van der Waals surface area contributed by atoms with E-state index in [2.05, 4.69) is 0 Å². The maximum absolute atomic E-state index is 11.4. The Bertz CT molecular complexity index is 591. The molecule has 0 heterocycles. The Morgan fingerprint density at radius 2 is 1.94 bits per heavy atom. The molecule has 0 bridgehead atoms. The van der Waals surface area contributed by atoms with Crippen molar-refractivity contribution in [3.8, 4) is 16.9 Å². The zero-order valence-electron chi connectivity index (χ0n) is 10.2. The quantitative estimate of drug-likeness (QED) is 0.773. The lowest BCUT2D eigenvalue weighted by Crippen LogP contribution is -1.93. The number of hydrogen-bond acceptors (Lipinski definition) is 2. The van der Waals surface area contributed by atoms with Crippen molar-refractivity contribution in [2.45, 2.75) is 6.92 Å². The van der Waals surface area contributed by atoms with Crippen molar-refractivity contribution in [2.24, 2.45) is 0 Å². The first-order chi connectivity index (χ1) is 8.61. The molecule has 0 N–H and O–H groups in total. The minimum atomic E-state index is 0.0397. The molecular formula is C15H13ClO2. The van der Waals surface area contributed by atoms with Crippen molar-refractivity contribution in [2.75, 3.05) is 7.11 Å². The summed E-state index contributed by atoms with van der Waals surface area (Å²) in [6.45, 7) is 1.55. The van der Waals surface area contributed by atoms with Crippen molar-refractivity contribution in [3.63, 3.8) is 0 Å². The third-order valence-corrected chi connectivity index (χ3v) is 2.98. The Morgan fingerprint density at radius 1 is 1.17 bits per heavy atom. The zero-order chi connectivity index (χ0) is 13.1. The standard InChI is InChI=1S/C15H13ClO2/c1-10(17)11-4-3-5-12(8-11)14-9-13(16)6-7-15(14)18-2/h3-9H,1-2H3. The highest BCUT2D eigenvalue weighted by atomic mass is 35.5. The number of hydrogen-bond donors (Lipinski definition) is 0. The molecule has 0 amide bonds. The number of ether oxygens (including phenoxy) is 1. The van der Waals surface area contributed by atoms with Crippen LogP contribution in [0.5, 0.6) is 5.75 Å². The lowest BCUT2D eigenvalue weighted by molar-refractivity contribution is 0.101. The van der Waals surface area contributed by atoms with Gasteiger partial charge in [-0.15, -0.1) is 0 Å². The molecule has 2 aromatic carbocycles. The average Bonchev–Trinajstić information content (AvgIpc) is 2.39. The van der Waals surface area contributed by atoms with Crippen LogP contribution in [0.2, 0.25) is 5.02 Å². The minimum Gasteiger partial charge on any atom is -0.496 e. The van der Waals surface area contributed by atoms with Crippen LogP contribution in [0.15, 0.2) is 42.5 Å². The van der Waals surface area contributed by atoms with E-state index in [0.29, 0.717) is 10.6 Å². The van der Waals surface area contributed by atoms with Crippen LogP contribution in [0, 0.1) is 0 Å². The molecule has 0 aliphatic rings. The molecule has 0 saturated heterocycles. The molecule has 0 saturated carbocycles. The first-order valence-corrected chi connectivity index (χ1v) is 5.94. The third-order valence-electron chi connectivity index (χ3n) is 2.74. The molecule has 18 heavy (non-hydrogen) atoms. The van der Waals surface area contributed by atoms with Crippen LogP contribution in [-0.4, -0.2) is 12.9 Å². The second-order valence-corrected chi connectivity index (χ2v) is 4.42. The minimum absolute atomic E-state index is 0.0397. The van der Waals surface area contributed by atoms with Crippen molar-refractivity contribution in [1.82, 2.24) is 0 Å². The van der Waals surface area contributed by atoms with E-state index in [-0.39, 0.29) is 5.78 Å². The SMILES string of the molecule is COc1ccc(Cl)cc1-c1cccc(C(C)=O)c1. The molecule has 0 unspecified atom stereocenters. The van der Waals surface area contributed by atoms with Crippen LogP contribution in [0.3, 0.4) is 0 Å². The van der Waals surface area contributed by atoms with E-state index in [1.165, 1.54) is 0 Å². The Kier molecular flexibility index (Phi) is 3.68. The third kappa shape index (κ3) is 2.54. The van der Waals surface area contributed by atoms with E-state index in [0.717, 1.165) is 16.9 Å². The van der Waals surface area contributed by atoms with Gasteiger partial charge in [-0.05, 0) is 36.8 Å². The molecule has 0 aromatic heterocycles. The Labute approximate surface area is 111 Å². The van der Waals surface area contributed by atoms with E-state index in [1.54, 1.807) is 26.2 Å². The lowest BCUT2D eigenvalue weighted by atomic mass is 10.0. The summed E-state index contributed by atoms with van der Waals surface area (Å²) in [5, 5.41) is 0.638. The van der Waals surface area contributed by atoms with Gasteiger partial charge in [0.25, 0.3) is 0 Å². The molecular weight excluding hydrogens is 248 g/mol. The zero-order valence-corrected chi connectivity index (χ0v) is 11.0. The number of carbonyl (C=O) groups excluding carboxylic acids is 1. The van der Waals surface area contributed by atoms with Gasteiger partial charge in [-0.25, -0.2) is 0 Å². The number of carbonyl (C=O) groups is 1. The Hall–Kier alpha value is -1.80. The maximum Gasteiger partial charge on any atom is 0.159 e. The van der Waals surface area contributed by atoms with Gasteiger partial charge in [0, 0.05) is 16.1 Å². The number of halogens is 1. The van der Waals surface area contributed by atoms with Crippen LogP contribution in [0.1, 0.15) is 17.3 Å². The number of benzene rings is 2. The number of methoxy groups -OCH3 is 1. The second kappa shape index (κ2) is 5.23. The summed E-state index contributed by atoms with van der Waals surface area (Å²) in [7, 11) is 1.61. The lowest BCUT2D eigenvalue weighted by Gasteiger charge is -2.09. The summed E-state index contributed by atoms with van der Waals surface area (Å²) in [5.74, 6) is 0.776. The molecule has 92 valence electrons.